The SMILES string of the molecule is COC(=O)c1ccc2c(c1)[C@@]1(COC(N)=N1)c1cc(OCC(C)(C)C)ccc1O2. The van der Waals surface area contributed by atoms with E-state index in [9.17, 15) is 4.79 Å². The zero-order valence-electron chi connectivity index (χ0n) is 16.9. The molecular formula is C22H24N2O5. The first kappa shape index (κ1) is 19.1. The van der Waals surface area contributed by atoms with Crippen LogP contribution in [0, 0.1) is 5.41 Å². The minimum Gasteiger partial charge on any atom is -0.493 e. The molecule has 7 nitrogen and oxygen atoms in total. The molecule has 0 fully saturated rings. The van der Waals surface area contributed by atoms with Crippen molar-refractivity contribution in [2.75, 3.05) is 20.3 Å². The number of methoxy groups -OCH3 is 1. The predicted molar refractivity (Wildman–Crippen MR) is 108 cm³/mol. The highest BCUT2D eigenvalue weighted by molar-refractivity contribution is 5.90. The maximum Gasteiger partial charge on any atom is 0.337 e. The van der Waals surface area contributed by atoms with Gasteiger partial charge in [-0.25, -0.2) is 9.79 Å². The lowest BCUT2D eigenvalue weighted by molar-refractivity contribution is 0.0600. The normalized spacial score (nSPS) is 19.5. The largest absolute Gasteiger partial charge is 0.493 e. The van der Waals surface area contributed by atoms with Gasteiger partial charge in [0, 0.05) is 11.1 Å². The summed E-state index contributed by atoms with van der Waals surface area (Å²) >= 11 is 0. The Labute approximate surface area is 169 Å². The lowest BCUT2D eigenvalue weighted by atomic mass is 9.80. The molecule has 0 amide bonds. The van der Waals surface area contributed by atoms with Crippen LogP contribution in [0.3, 0.4) is 0 Å². The summed E-state index contributed by atoms with van der Waals surface area (Å²) in [5, 5.41) is 0. The smallest absolute Gasteiger partial charge is 0.337 e. The topological polar surface area (TPSA) is 92.4 Å². The summed E-state index contributed by atoms with van der Waals surface area (Å²) in [5.74, 6) is 1.51. The Bertz CT molecular complexity index is 1010. The first-order valence-electron chi connectivity index (χ1n) is 9.38. The molecule has 0 bridgehead atoms. The van der Waals surface area contributed by atoms with Crippen molar-refractivity contribution >= 4 is 12.0 Å². The first-order chi connectivity index (χ1) is 13.7. The number of carbonyl (C=O) groups is 1. The molecule has 2 aromatic carbocycles. The van der Waals surface area contributed by atoms with Gasteiger partial charge in [0.05, 0.1) is 19.3 Å². The molecule has 2 N–H and O–H groups in total. The van der Waals surface area contributed by atoms with Crippen LogP contribution in [0.1, 0.15) is 42.3 Å². The van der Waals surface area contributed by atoms with Gasteiger partial charge < -0.3 is 24.7 Å². The van der Waals surface area contributed by atoms with E-state index < -0.39 is 11.5 Å². The second-order valence-electron chi connectivity index (χ2n) is 8.41. The van der Waals surface area contributed by atoms with Gasteiger partial charge in [0.2, 0.25) is 0 Å². The van der Waals surface area contributed by atoms with Crippen molar-refractivity contribution in [1.29, 1.82) is 0 Å². The zero-order valence-corrected chi connectivity index (χ0v) is 16.9. The van der Waals surface area contributed by atoms with Gasteiger partial charge in [-0.15, -0.1) is 0 Å². The number of hydrogen-bond acceptors (Lipinski definition) is 7. The van der Waals surface area contributed by atoms with E-state index in [1.54, 1.807) is 18.2 Å². The maximum atomic E-state index is 12.1. The highest BCUT2D eigenvalue weighted by atomic mass is 16.5. The third kappa shape index (κ3) is 3.37. The Balaban J connectivity index is 1.83. The van der Waals surface area contributed by atoms with Crippen LogP contribution in [-0.4, -0.2) is 32.3 Å². The fraction of sp³-hybridized carbons (Fsp3) is 0.364. The third-order valence-electron chi connectivity index (χ3n) is 4.86. The van der Waals surface area contributed by atoms with Crippen LogP contribution in [0.4, 0.5) is 0 Å². The molecule has 0 saturated carbocycles. The molecule has 0 saturated heterocycles. The number of carbonyl (C=O) groups excluding carboxylic acids is 1. The van der Waals surface area contributed by atoms with Crippen molar-refractivity contribution in [2.24, 2.45) is 16.1 Å². The van der Waals surface area contributed by atoms with Crippen LogP contribution >= 0.6 is 0 Å². The number of rotatable bonds is 3. The number of nitrogens with two attached hydrogens (primary N) is 1. The number of nitrogens with zero attached hydrogens (tertiary/aromatic N) is 1. The molecule has 0 unspecified atom stereocenters. The molecular weight excluding hydrogens is 372 g/mol. The molecule has 29 heavy (non-hydrogen) atoms. The van der Waals surface area contributed by atoms with Gasteiger partial charge in [-0.3, -0.25) is 0 Å². The summed E-state index contributed by atoms with van der Waals surface area (Å²) in [4.78, 5) is 16.7. The van der Waals surface area contributed by atoms with Gasteiger partial charge >= 0.3 is 5.97 Å². The van der Waals surface area contributed by atoms with Gasteiger partial charge in [-0.05, 0) is 41.8 Å². The van der Waals surface area contributed by atoms with Gasteiger partial charge in [-0.2, -0.15) is 0 Å². The Hall–Kier alpha value is -3.22. The monoisotopic (exact) mass is 396 g/mol. The molecule has 2 aromatic rings. The average molecular weight is 396 g/mol. The van der Waals surface area contributed by atoms with E-state index in [0.717, 1.165) is 5.56 Å². The minimum absolute atomic E-state index is 0.0190. The van der Waals surface area contributed by atoms with Crippen molar-refractivity contribution in [1.82, 2.24) is 0 Å². The number of aliphatic imine (C=N–C) groups is 1. The Kier molecular flexibility index (Phi) is 4.41. The molecule has 152 valence electrons. The Morgan fingerprint density at radius 1 is 1.17 bits per heavy atom. The lowest BCUT2D eigenvalue weighted by Gasteiger charge is -2.34. The van der Waals surface area contributed by atoms with E-state index in [-0.39, 0.29) is 18.0 Å². The fourth-order valence-corrected chi connectivity index (χ4v) is 3.47. The van der Waals surface area contributed by atoms with Crippen LogP contribution in [0.25, 0.3) is 0 Å². The third-order valence-corrected chi connectivity index (χ3v) is 4.86. The summed E-state index contributed by atoms with van der Waals surface area (Å²) in [6, 6.07) is 10.8. The zero-order chi connectivity index (χ0) is 20.8. The number of hydrogen-bond donors (Lipinski definition) is 1. The quantitative estimate of drug-likeness (QED) is 0.797. The van der Waals surface area contributed by atoms with E-state index in [2.05, 4.69) is 25.8 Å². The Morgan fingerprint density at radius 3 is 2.48 bits per heavy atom. The van der Waals surface area contributed by atoms with Crippen LogP contribution in [0.2, 0.25) is 0 Å². The highest BCUT2D eigenvalue weighted by Crippen LogP contribution is 2.51. The molecule has 0 radical (unpaired) electrons. The number of ether oxygens (including phenoxy) is 4. The molecule has 2 aliphatic heterocycles. The van der Waals surface area contributed by atoms with Crippen molar-refractivity contribution in [2.45, 2.75) is 26.3 Å². The lowest BCUT2D eigenvalue weighted by Crippen LogP contribution is -2.31. The Morgan fingerprint density at radius 2 is 1.86 bits per heavy atom. The first-order valence-corrected chi connectivity index (χ1v) is 9.38. The van der Waals surface area contributed by atoms with E-state index in [4.69, 9.17) is 24.7 Å². The second kappa shape index (κ2) is 6.69. The van der Waals surface area contributed by atoms with Gasteiger partial charge in [-0.1, -0.05) is 20.8 Å². The van der Waals surface area contributed by atoms with E-state index in [1.807, 2.05) is 18.2 Å². The standard InChI is InChI=1S/C22H24N2O5/c1-21(2,3)11-27-14-6-8-18-16(10-14)22(12-28-20(23)24-22)15-9-13(19(25)26-4)5-7-17(15)29-18/h5-10H,11-12H2,1-4H3,(H2,23,24)/t22-/m0/s1. The summed E-state index contributed by atoms with van der Waals surface area (Å²) < 4.78 is 22.5. The molecule has 1 spiro atoms. The number of amidine groups is 1. The molecule has 0 aromatic heterocycles. The van der Waals surface area contributed by atoms with E-state index in [0.29, 0.717) is 35.0 Å². The van der Waals surface area contributed by atoms with Gasteiger partial charge in [0.25, 0.3) is 6.02 Å². The summed E-state index contributed by atoms with van der Waals surface area (Å²) in [6.07, 6.45) is 0. The minimum atomic E-state index is -0.919. The molecule has 2 heterocycles. The molecule has 0 aliphatic carbocycles. The van der Waals surface area contributed by atoms with Crippen molar-refractivity contribution in [3.8, 4) is 17.2 Å². The van der Waals surface area contributed by atoms with Crippen molar-refractivity contribution in [3.63, 3.8) is 0 Å². The van der Waals surface area contributed by atoms with Crippen molar-refractivity contribution in [3.05, 3.63) is 53.1 Å². The summed E-state index contributed by atoms with van der Waals surface area (Å²) in [7, 11) is 1.34. The van der Waals surface area contributed by atoms with Gasteiger partial charge in [0.15, 0.2) is 5.54 Å². The molecule has 7 heteroatoms. The van der Waals surface area contributed by atoms with E-state index in [1.165, 1.54) is 7.11 Å². The second-order valence-corrected chi connectivity index (χ2v) is 8.41. The molecule has 1 atom stereocenters. The number of esters is 1. The number of benzene rings is 2. The van der Waals surface area contributed by atoms with E-state index >= 15 is 0 Å². The van der Waals surface area contributed by atoms with Crippen LogP contribution in [-0.2, 0) is 15.0 Å². The van der Waals surface area contributed by atoms with Crippen LogP contribution in [0.5, 0.6) is 17.2 Å². The van der Waals surface area contributed by atoms with Crippen molar-refractivity contribution < 1.29 is 23.7 Å². The maximum absolute atomic E-state index is 12.1. The van der Waals surface area contributed by atoms with Crippen LogP contribution in [0.15, 0.2) is 41.4 Å². The number of fused-ring (bicyclic) bond motifs is 4. The van der Waals surface area contributed by atoms with Gasteiger partial charge in [0.1, 0.15) is 23.9 Å². The summed E-state index contributed by atoms with van der Waals surface area (Å²) in [6.45, 7) is 7.09. The average Bonchev–Trinajstić information content (AvgIpc) is 3.08. The predicted octanol–water partition coefficient (Wildman–Crippen LogP) is 3.59. The molecule has 4 rings (SSSR count). The van der Waals surface area contributed by atoms with Crippen LogP contribution < -0.4 is 15.2 Å². The molecule has 2 aliphatic rings. The summed E-state index contributed by atoms with van der Waals surface area (Å²) in [5.41, 5.74) is 6.87. The fourth-order valence-electron chi connectivity index (χ4n) is 3.47. The highest BCUT2D eigenvalue weighted by Gasteiger charge is 2.47.